The molecular weight excluding hydrogens is 508 g/mol. The molecule has 1 spiro atoms. The summed E-state index contributed by atoms with van der Waals surface area (Å²) >= 11 is 0. The van der Waals surface area contributed by atoms with Crippen molar-refractivity contribution in [3.8, 4) is 0 Å². The van der Waals surface area contributed by atoms with Gasteiger partial charge in [0.05, 0.1) is 23.9 Å². The van der Waals surface area contributed by atoms with Crippen molar-refractivity contribution in [2.24, 2.45) is 29.6 Å². The van der Waals surface area contributed by atoms with Crippen LogP contribution in [0.15, 0.2) is 20.5 Å². The van der Waals surface area contributed by atoms with Gasteiger partial charge in [-0.1, -0.05) is 55.4 Å². The molecule has 0 bridgehead atoms. The van der Waals surface area contributed by atoms with Crippen LogP contribution in [-0.4, -0.2) is 29.7 Å². The van der Waals surface area contributed by atoms with Gasteiger partial charge in [0.15, 0.2) is 11.2 Å². The molecule has 40 heavy (non-hydrogen) atoms. The molecule has 0 saturated carbocycles. The Kier molecular flexibility index (Phi) is 9.81. The second-order valence-electron chi connectivity index (χ2n) is 12.3. The van der Waals surface area contributed by atoms with Gasteiger partial charge >= 0.3 is 5.97 Å². The number of hydrogen-bond acceptors (Lipinski definition) is 7. The predicted molar refractivity (Wildman–Crippen MR) is 155 cm³/mol. The molecule has 9 atom stereocenters. The van der Waals surface area contributed by atoms with Gasteiger partial charge in [0.25, 0.3) is 0 Å². The molecule has 0 unspecified atom stereocenters. The van der Waals surface area contributed by atoms with Crippen LogP contribution in [0.4, 0.5) is 0 Å². The van der Waals surface area contributed by atoms with Crippen molar-refractivity contribution in [3.05, 3.63) is 44.2 Å². The summed E-state index contributed by atoms with van der Waals surface area (Å²) in [4.78, 5) is 40.0. The van der Waals surface area contributed by atoms with Crippen LogP contribution < -0.4 is 5.43 Å². The Morgan fingerprint density at radius 3 is 2.15 bits per heavy atom. The molecule has 1 aromatic rings. The topological polar surface area (TPSA) is 92.0 Å². The molecule has 1 aromatic heterocycles. The molecular formula is C33H50O7. The van der Waals surface area contributed by atoms with Crippen LogP contribution in [0.1, 0.15) is 111 Å². The van der Waals surface area contributed by atoms with E-state index in [1.165, 1.54) is 0 Å². The molecule has 2 aliphatic rings. The zero-order valence-electron chi connectivity index (χ0n) is 26.6. The largest absolute Gasteiger partial charge is 0.465 e. The van der Waals surface area contributed by atoms with Crippen molar-refractivity contribution < 1.29 is 28.2 Å². The number of ether oxygens (including phenoxy) is 3. The Bertz CT molecular complexity index is 1210. The van der Waals surface area contributed by atoms with Crippen molar-refractivity contribution in [2.45, 2.75) is 126 Å². The quantitative estimate of drug-likeness (QED) is 0.324. The third-order valence-corrected chi connectivity index (χ3v) is 9.75. The second-order valence-corrected chi connectivity index (χ2v) is 12.3. The van der Waals surface area contributed by atoms with Crippen LogP contribution in [-0.2, 0) is 30.2 Å². The molecule has 0 aromatic carbocycles. The van der Waals surface area contributed by atoms with Gasteiger partial charge in [0, 0.05) is 40.9 Å². The van der Waals surface area contributed by atoms with Gasteiger partial charge in [-0.15, -0.1) is 0 Å². The monoisotopic (exact) mass is 558 g/mol. The van der Waals surface area contributed by atoms with E-state index in [4.69, 9.17) is 18.6 Å². The maximum atomic E-state index is 13.7. The highest BCUT2D eigenvalue weighted by atomic mass is 16.7. The van der Waals surface area contributed by atoms with E-state index in [2.05, 4.69) is 6.92 Å². The number of aryl methyl sites for hydroxylation is 1. The number of Topliss-reactive ketones (excluding diaryl/α,β-unsaturated/α-hetero) is 1. The summed E-state index contributed by atoms with van der Waals surface area (Å²) in [5.74, 6) is -1.71. The number of carbonyl (C=O) groups is 2. The highest BCUT2D eigenvalue weighted by Crippen LogP contribution is 2.52. The van der Waals surface area contributed by atoms with E-state index in [-0.39, 0.29) is 40.9 Å². The molecule has 7 heteroatoms. The van der Waals surface area contributed by atoms with Crippen LogP contribution in [0.5, 0.6) is 0 Å². The average molecular weight is 559 g/mol. The fourth-order valence-corrected chi connectivity index (χ4v) is 6.44. The second kappa shape index (κ2) is 12.2. The van der Waals surface area contributed by atoms with Crippen LogP contribution in [0, 0.1) is 43.4 Å². The van der Waals surface area contributed by atoms with Gasteiger partial charge in [0.2, 0.25) is 5.79 Å². The third-order valence-electron chi connectivity index (χ3n) is 9.75. The Morgan fingerprint density at radius 2 is 1.60 bits per heavy atom. The molecule has 0 N–H and O–H groups in total. The zero-order valence-corrected chi connectivity index (χ0v) is 26.6. The van der Waals surface area contributed by atoms with Crippen molar-refractivity contribution in [3.63, 3.8) is 0 Å². The summed E-state index contributed by atoms with van der Waals surface area (Å²) in [6, 6.07) is 0. The van der Waals surface area contributed by atoms with Gasteiger partial charge < -0.3 is 18.6 Å². The van der Waals surface area contributed by atoms with E-state index in [1.807, 2.05) is 62.3 Å². The minimum atomic E-state index is -1.34. The van der Waals surface area contributed by atoms with Crippen molar-refractivity contribution in [2.75, 3.05) is 0 Å². The van der Waals surface area contributed by atoms with Gasteiger partial charge in [-0.05, 0) is 40.5 Å². The fourth-order valence-electron chi connectivity index (χ4n) is 6.44. The number of ketones is 1. The van der Waals surface area contributed by atoms with E-state index < -0.39 is 29.8 Å². The lowest BCUT2D eigenvalue weighted by atomic mass is 9.70. The lowest BCUT2D eigenvalue weighted by Gasteiger charge is -2.56. The Morgan fingerprint density at radius 1 is 0.975 bits per heavy atom. The van der Waals surface area contributed by atoms with E-state index in [1.54, 1.807) is 13.8 Å². The SMILES string of the molecule is CCc1oc([C@@H](C)[C@H]2O[C@]3(OC([C@@H](C)CC)=C(C)C(=O)[C@H]3C)[C@H](C)[C@H](OC(=O)[C@@H](C)CC)[C@H]2C)c(C)c(=O)c1C. The first kappa shape index (κ1) is 32.1. The lowest BCUT2D eigenvalue weighted by Crippen LogP contribution is -2.65. The number of rotatable bonds is 8. The number of carbonyl (C=O) groups excluding carboxylic acids is 2. The average Bonchev–Trinajstić information content (AvgIpc) is 2.95. The summed E-state index contributed by atoms with van der Waals surface area (Å²) in [7, 11) is 0. The molecule has 1 saturated heterocycles. The number of esters is 1. The summed E-state index contributed by atoms with van der Waals surface area (Å²) in [5, 5.41) is 0. The minimum Gasteiger partial charge on any atom is -0.465 e. The summed E-state index contributed by atoms with van der Waals surface area (Å²) < 4.78 is 26.4. The standard InChI is InChI=1S/C33H50O7/c1-13-16(4)28-20(8)27(35)23(11)33(39-28)24(12)31(38-32(36)17(5)14-2)22(10)30(40-33)21(9)29-19(7)26(34)18(6)25(15-3)37-29/h16-17,21-24,30-31H,13-15H2,1-12H3/t16-,17-,21+,22-,23+,24+,30+,31+,33-/m0/s1. The minimum absolute atomic E-state index is 0.0185. The van der Waals surface area contributed by atoms with Crippen LogP contribution in [0.2, 0.25) is 0 Å². The van der Waals surface area contributed by atoms with Crippen LogP contribution in [0.3, 0.4) is 0 Å². The first-order valence-electron chi connectivity index (χ1n) is 15.1. The fraction of sp³-hybridized carbons (Fsp3) is 0.727. The first-order valence-corrected chi connectivity index (χ1v) is 15.1. The number of hydrogen-bond donors (Lipinski definition) is 0. The van der Waals surface area contributed by atoms with E-state index >= 15 is 0 Å². The molecule has 1 fully saturated rings. The zero-order chi connectivity index (χ0) is 30.3. The van der Waals surface area contributed by atoms with Crippen LogP contribution >= 0.6 is 0 Å². The van der Waals surface area contributed by atoms with E-state index in [0.717, 1.165) is 6.42 Å². The highest BCUT2D eigenvalue weighted by Gasteiger charge is 2.62. The van der Waals surface area contributed by atoms with Gasteiger partial charge in [0.1, 0.15) is 23.4 Å². The van der Waals surface area contributed by atoms with Crippen molar-refractivity contribution in [1.29, 1.82) is 0 Å². The molecule has 3 rings (SSSR count). The summed E-state index contributed by atoms with van der Waals surface area (Å²) in [6.45, 7) is 23.1. The maximum Gasteiger partial charge on any atom is 0.308 e. The van der Waals surface area contributed by atoms with Gasteiger partial charge in [-0.2, -0.15) is 0 Å². The molecule has 0 radical (unpaired) electrons. The summed E-state index contributed by atoms with van der Waals surface area (Å²) in [5.41, 5.74) is 1.75. The van der Waals surface area contributed by atoms with Crippen LogP contribution in [0.25, 0.3) is 0 Å². The lowest BCUT2D eigenvalue weighted by molar-refractivity contribution is -0.347. The Labute approximate surface area is 240 Å². The summed E-state index contributed by atoms with van der Waals surface area (Å²) in [6.07, 6.45) is 0.934. The normalized spacial score (nSPS) is 31.1. The first-order chi connectivity index (χ1) is 18.7. The van der Waals surface area contributed by atoms with Crippen molar-refractivity contribution in [1.82, 2.24) is 0 Å². The van der Waals surface area contributed by atoms with Gasteiger partial charge in [-0.3, -0.25) is 14.4 Å². The molecule has 224 valence electrons. The predicted octanol–water partition coefficient (Wildman–Crippen LogP) is 6.80. The number of allylic oxidation sites excluding steroid dienone is 2. The third kappa shape index (κ3) is 5.31. The van der Waals surface area contributed by atoms with E-state index in [9.17, 15) is 14.4 Å². The van der Waals surface area contributed by atoms with E-state index in [0.29, 0.717) is 46.8 Å². The molecule has 3 heterocycles. The molecule has 0 amide bonds. The Hall–Kier alpha value is -2.41. The van der Waals surface area contributed by atoms with Crippen molar-refractivity contribution >= 4 is 11.8 Å². The molecule has 0 aliphatic carbocycles. The van der Waals surface area contributed by atoms with Gasteiger partial charge in [-0.25, -0.2) is 0 Å². The highest BCUT2D eigenvalue weighted by molar-refractivity contribution is 5.98. The smallest absolute Gasteiger partial charge is 0.308 e. The molecule has 2 aliphatic heterocycles. The maximum absolute atomic E-state index is 13.7. The molecule has 7 nitrogen and oxygen atoms in total. The Balaban J connectivity index is 2.20.